The summed E-state index contributed by atoms with van der Waals surface area (Å²) in [6, 6.07) is 23.6. The molecule has 1 heterocycles. The summed E-state index contributed by atoms with van der Waals surface area (Å²) < 4.78 is 0. The van der Waals surface area contributed by atoms with Crippen LogP contribution in [0.15, 0.2) is 60.7 Å². The summed E-state index contributed by atoms with van der Waals surface area (Å²) in [6.07, 6.45) is 10.6. The Bertz CT molecular complexity index is 1200. The number of unbranched alkanes of at least 4 members (excludes halogenated alkanes) is 3. The van der Waals surface area contributed by atoms with Crippen molar-refractivity contribution in [3.05, 3.63) is 94.0 Å². The Morgan fingerprint density at radius 2 is 1.67 bits per heavy atom. The fourth-order valence-electron chi connectivity index (χ4n) is 5.12. The van der Waals surface area contributed by atoms with E-state index in [0.29, 0.717) is 0 Å². The number of nitrogens with zero attached hydrogens (tertiary/aromatic N) is 2. The molecule has 0 bridgehead atoms. The molecule has 0 unspecified atom stereocenters. The van der Waals surface area contributed by atoms with Gasteiger partial charge in [-0.25, -0.2) is 0 Å². The van der Waals surface area contributed by atoms with Crippen LogP contribution in [0.2, 0.25) is 0 Å². The molecule has 3 aromatic rings. The van der Waals surface area contributed by atoms with Crippen LogP contribution in [-0.4, -0.2) is 31.1 Å². The molecule has 0 atom stereocenters. The van der Waals surface area contributed by atoms with Crippen molar-refractivity contribution in [2.45, 2.75) is 52.5 Å². The van der Waals surface area contributed by atoms with E-state index in [4.69, 9.17) is 0 Å². The predicted molar refractivity (Wildman–Crippen MR) is 153 cm³/mol. The highest BCUT2D eigenvalue weighted by Crippen LogP contribution is 2.28. The third-order valence-electron chi connectivity index (χ3n) is 7.23. The molecule has 0 radical (unpaired) electrons. The standard InChI is InChI=1S/C33H39N3/c1-3-4-5-7-13-30-23-29(26(2)22-31(30)25-36-20-18-35-19-21-36)17-16-28-14-10-15-32(33(28)24-34)27-11-8-6-9-12-27/h6,8-12,14-17,22-23,35H,3-5,7,13,18-21,25H2,1-2H3/b17-16+. The first kappa shape index (κ1) is 25.9. The Balaban J connectivity index is 1.62. The molecule has 3 heteroatoms. The number of piperazine rings is 1. The molecular formula is C33H39N3. The van der Waals surface area contributed by atoms with E-state index in [-0.39, 0.29) is 0 Å². The number of nitriles is 1. The maximum absolute atomic E-state index is 10.00. The summed E-state index contributed by atoms with van der Waals surface area (Å²) in [6.45, 7) is 9.91. The van der Waals surface area contributed by atoms with E-state index in [1.165, 1.54) is 47.9 Å². The van der Waals surface area contributed by atoms with Crippen molar-refractivity contribution < 1.29 is 0 Å². The summed E-state index contributed by atoms with van der Waals surface area (Å²) in [5.74, 6) is 0. The minimum atomic E-state index is 0.729. The topological polar surface area (TPSA) is 39.1 Å². The molecule has 3 nitrogen and oxygen atoms in total. The molecule has 1 saturated heterocycles. The van der Waals surface area contributed by atoms with Crippen LogP contribution in [0, 0.1) is 18.3 Å². The number of hydrogen-bond acceptors (Lipinski definition) is 3. The Hall–Kier alpha value is -3.19. The van der Waals surface area contributed by atoms with E-state index >= 15 is 0 Å². The average Bonchev–Trinajstić information content (AvgIpc) is 2.92. The number of benzene rings is 3. The van der Waals surface area contributed by atoms with Gasteiger partial charge >= 0.3 is 0 Å². The van der Waals surface area contributed by atoms with Crippen molar-refractivity contribution in [2.24, 2.45) is 0 Å². The minimum absolute atomic E-state index is 0.729. The van der Waals surface area contributed by atoms with Gasteiger partial charge in [-0.05, 0) is 53.1 Å². The van der Waals surface area contributed by atoms with Gasteiger partial charge in [0.1, 0.15) is 6.07 Å². The van der Waals surface area contributed by atoms with E-state index in [0.717, 1.165) is 61.4 Å². The van der Waals surface area contributed by atoms with Gasteiger partial charge in [0.25, 0.3) is 0 Å². The fourth-order valence-corrected chi connectivity index (χ4v) is 5.12. The Labute approximate surface area is 217 Å². The monoisotopic (exact) mass is 477 g/mol. The van der Waals surface area contributed by atoms with Gasteiger partial charge in [-0.2, -0.15) is 5.26 Å². The minimum Gasteiger partial charge on any atom is -0.314 e. The number of aryl methyl sites for hydroxylation is 2. The van der Waals surface area contributed by atoms with E-state index in [2.05, 4.69) is 66.6 Å². The van der Waals surface area contributed by atoms with Crippen molar-refractivity contribution in [3.8, 4) is 17.2 Å². The van der Waals surface area contributed by atoms with Gasteiger partial charge in [-0.1, -0.05) is 99.0 Å². The maximum Gasteiger partial charge on any atom is 0.100 e. The van der Waals surface area contributed by atoms with Gasteiger partial charge in [0.2, 0.25) is 0 Å². The van der Waals surface area contributed by atoms with Crippen LogP contribution in [0.25, 0.3) is 23.3 Å². The first-order valence-corrected chi connectivity index (χ1v) is 13.5. The Morgan fingerprint density at radius 3 is 2.42 bits per heavy atom. The van der Waals surface area contributed by atoms with E-state index in [1.807, 2.05) is 36.4 Å². The lowest BCUT2D eigenvalue weighted by Gasteiger charge is -2.28. The number of nitrogens with one attached hydrogen (secondary N) is 1. The molecule has 1 aliphatic rings. The first-order valence-electron chi connectivity index (χ1n) is 13.5. The molecule has 0 saturated carbocycles. The molecule has 0 aliphatic carbocycles. The molecule has 0 spiro atoms. The highest BCUT2D eigenvalue weighted by atomic mass is 15.2. The van der Waals surface area contributed by atoms with Crippen LogP contribution in [0.4, 0.5) is 0 Å². The first-order chi connectivity index (χ1) is 17.7. The lowest BCUT2D eigenvalue weighted by molar-refractivity contribution is 0.232. The molecule has 36 heavy (non-hydrogen) atoms. The van der Waals surface area contributed by atoms with Crippen molar-refractivity contribution >= 4 is 12.2 Å². The molecular weight excluding hydrogens is 438 g/mol. The Morgan fingerprint density at radius 1 is 0.889 bits per heavy atom. The van der Waals surface area contributed by atoms with Gasteiger partial charge in [0.05, 0.1) is 5.56 Å². The summed E-state index contributed by atoms with van der Waals surface area (Å²) >= 11 is 0. The van der Waals surface area contributed by atoms with Crippen molar-refractivity contribution in [3.63, 3.8) is 0 Å². The molecule has 4 rings (SSSR count). The van der Waals surface area contributed by atoms with Crippen molar-refractivity contribution in [1.29, 1.82) is 5.26 Å². The van der Waals surface area contributed by atoms with Gasteiger partial charge in [0.15, 0.2) is 0 Å². The third-order valence-corrected chi connectivity index (χ3v) is 7.23. The molecule has 1 aliphatic heterocycles. The zero-order chi connectivity index (χ0) is 25.2. The summed E-state index contributed by atoms with van der Waals surface area (Å²) in [5, 5.41) is 13.5. The van der Waals surface area contributed by atoms with Crippen molar-refractivity contribution in [2.75, 3.05) is 26.2 Å². The van der Waals surface area contributed by atoms with E-state index in [1.54, 1.807) is 0 Å². The smallest absolute Gasteiger partial charge is 0.100 e. The van der Waals surface area contributed by atoms with Crippen LogP contribution in [-0.2, 0) is 13.0 Å². The maximum atomic E-state index is 10.00. The molecule has 1 fully saturated rings. The number of rotatable bonds is 10. The second-order valence-corrected chi connectivity index (χ2v) is 9.90. The van der Waals surface area contributed by atoms with E-state index < -0.39 is 0 Å². The molecule has 3 aromatic carbocycles. The SMILES string of the molecule is CCCCCCc1cc(/C=C/c2cccc(-c3ccccc3)c2C#N)c(C)cc1CN1CCNCC1. The second kappa shape index (κ2) is 13.2. The normalized spacial score (nSPS) is 14.2. The van der Waals surface area contributed by atoms with Crippen LogP contribution in [0.3, 0.4) is 0 Å². The van der Waals surface area contributed by atoms with Gasteiger partial charge in [0, 0.05) is 38.3 Å². The van der Waals surface area contributed by atoms with Gasteiger partial charge in [-0.15, -0.1) is 0 Å². The highest BCUT2D eigenvalue weighted by Gasteiger charge is 2.14. The largest absolute Gasteiger partial charge is 0.314 e. The van der Waals surface area contributed by atoms with Crippen LogP contribution >= 0.6 is 0 Å². The zero-order valence-corrected chi connectivity index (χ0v) is 21.9. The Kier molecular flexibility index (Phi) is 9.50. The second-order valence-electron chi connectivity index (χ2n) is 9.90. The highest BCUT2D eigenvalue weighted by molar-refractivity contribution is 5.80. The van der Waals surface area contributed by atoms with E-state index in [9.17, 15) is 5.26 Å². The molecule has 0 amide bonds. The van der Waals surface area contributed by atoms with Gasteiger partial charge < -0.3 is 5.32 Å². The lowest BCUT2D eigenvalue weighted by atomic mass is 9.93. The van der Waals surface area contributed by atoms with Gasteiger partial charge in [-0.3, -0.25) is 4.90 Å². The predicted octanol–water partition coefficient (Wildman–Crippen LogP) is 7.23. The quantitative estimate of drug-likeness (QED) is 0.247. The summed E-state index contributed by atoms with van der Waals surface area (Å²) in [7, 11) is 0. The molecule has 186 valence electrons. The van der Waals surface area contributed by atoms with Crippen LogP contribution < -0.4 is 5.32 Å². The molecule has 1 N–H and O–H groups in total. The fraction of sp³-hybridized carbons (Fsp3) is 0.364. The summed E-state index contributed by atoms with van der Waals surface area (Å²) in [5.41, 5.74) is 9.26. The number of hydrogen-bond donors (Lipinski definition) is 1. The van der Waals surface area contributed by atoms with Crippen LogP contribution in [0.1, 0.15) is 66.0 Å². The zero-order valence-electron chi connectivity index (χ0n) is 21.9. The summed E-state index contributed by atoms with van der Waals surface area (Å²) in [4.78, 5) is 2.57. The average molecular weight is 478 g/mol. The lowest BCUT2D eigenvalue weighted by Crippen LogP contribution is -2.43. The van der Waals surface area contributed by atoms with Crippen molar-refractivity contribution in [1.82, 2.24) is 10.2 Å². The third kappa shape index (κ3) is 6.72. The molecule has 0 aromatic heterocycles. The van der Waals surface area contributed by atoms with Crippen LogP contribution in [0.5, 0.6) is 0 Å².